The van der Waals surface area contributed by atoms with Gasteiger partial charge in [0.1, 0.15) is 0 Å². The Morgan fingerprint density at radius 3 is 2.36 bits per heavy atom. The average molecular weight is 195 g/mol. The lowest BCUT2D eigenvalue weighted by Crippen LogP contribution is -2.59. The van der Waals surface area contributed by atoms with Gasteiger partial charge in [0.25, 0.3) is 0 Å². The van der Waals surface area contributed by atoms with Crippen LogP contribution in [0.15, 0.2) is 0 Å². The van der Waals surface area contributed by atoms with Crippen molar-refractivity contribution in [1.29, 1.82) is 0 Å². The summed E-state index contributed by atoms with van der Waals surface area (Å²) in [6.45, 7) is 2.87. The third-order valence-corrected chi connectivity index (χ3v) is 4.12. The normalized spacial score (nSPS) is 46.7. The molecule has 2 unspecified atom stereocenters. The molecule has 3 fully saturated rings. The van der Waals surface area contributed by atoms with Crippen LogP contribution < -0.4 is 0 Å². The largest absolute Gasteiger partial charge is 0.437 e. The van der Waals surface area contributed by atoms with Gasteiger partial charge in [-0.2, -0.15) is 0 Å². The molecule has 0 aromatic rings. The van der Waals surface area contributed by atoms with Gasteiger partial charge in [0.2, 0.25) is 0 Å². The Kier molecular flexibility index (Phi) is 1.95. The summed E-state index contributed by atoms with van der Waals surface area (Å²) >= 11 is 0. The summed E-state index contributed by atoms with van der Waals surface area (Å²) in [6.07, 6.45) is 6.11. The van der Waals surface area contributed by atoms with Crippen LogP contribution in [0.3, 0.4) is 0 Å². The molecule has 3 aliphatic rings. The van der Waals surface area contributed by atoms with E-state index in [1.807, 2.05) is 6.82 Å². The second-order valence-corrected chi connectivity index (χ2v) is 5.20. The molecule has 0 saturated carbocycles. The maximum absolute atomic E-state index is 9.76. The van der Waals surface area contributed by atoms with E-state index >= 15 is 0 Å². The van der Waals surface area contributed by atoms with Crippen LogP contribution in [0.2, 0.25) is 6.82 Å². The molecule has 0 aromatic carbocycles. The molecule has 1 N–H and O–H groups in total. The van der Waals surface area contributed by atoms with Crippen molar-refractivity contribution < 1.29 is 9.76 Å². The van der Waals surface area contributed by atoms with Gasteiger partial charge in [-0.05, 0) is 32.5 Å². The van der Waals surface area contributed by atoms with E-state index in [1.165, 1.54) is 19.3 Å². The van der Waals surface area contributed by atoms with E-state index in [4.69, 9.17) is 4.74 Å². The fourth-order valence-electron chi connectivity index (χ4n) is 3.49. The van der Waals surface area contributed by atoms with E-state index < -0.39 is 0 Å². The van der Waals surface area contributed by atoms with Gasteiger partial charge in [-0.15, -0.1) is 0 Å². The van der Waals surface area contributed by atoms with Crippen molar-refractivity contribution in [2.75, 3.05) is 6.61 Å². The van der Waals surface area contributed by atoms with Crippen LogP contribution in [0.5, 0.6) is 0 Å². The Labute approximate surface area is 85.6 Å². The number of epoxide rings is 1. The van der Waals surface area contributed by atoms with E-state index in [-0.39, 0.29) is 12.7 Å². The van der Waals surface area contributed by atoms with E-state index in [1.54, 1.807) is 0 Å². The summed E-state index contributed by atoms with van der Waals surface area (Å²) in [4.78, 5) is 2.32. The van der Waals surface area contributed by atoms with Gasteiger partial charge in [0.15, 0.2) is 0 Å². The first-order valence-electron chi connectivity index (χ1n) is 5.80. The van der Waals surface area contributed by atoms with E-state index in [2.05, 4.69) is 4.81 Å². The van der Waals surface area contributed by atoms with Crippen molar-refractivity contribution in [3.05, 3.63) is 0 Å². The molecule has 2 bridgehead atoms. The fraction of sp³-hybridized carbons (Fsp3) is 1.00. The maximum Gasteiger partial charge on any atom is 0.376 e. The average Bonchev–Trinajstić information content (AvgIpc) is 2.82. The smallest absolute Gasteiger partial charge is 0.376 e. The molecule has 0 radical (unpaired) electrons. The van der Waals surface area contributed by atoms with Gasteiger partial charge < -0.3 is 14.6 Å². The standard InChI is InChI=1S/C10H18BNO2/c1-11(13)12-8-3-2-4-9(12)6-10(5-8)7-14-10/h8-9,13H,2-7H2,1H3/t8-,9?,10?/m1/s1. The molecule has 0 aliphatic carbocycles. The van der Waals surface area contributed by atoms with Crippen LogP contribution in [-0.2, 0) is 4.74 Å². The number of nitrogens with zero attached hydrogens (tertiary/aromatic N) is 1. The van der Waals surface area contributed by atoms with Gasteiger partial charge in [-0.1, -0.05) is 6.42 Å². The van der Waals surface area contributed by atoms with Gasteiger partial charge >= 0.3 is 7.05 Å². The van der Waals surface area contributed by atoms with Gasteiger partial charge in [0.05, 0.1) is 12.2 Å². The molecular weight excluding hydrogens is 177 g/mol. The fourth-order valence-corrected chi connectivity index (χ4v) is 3.49. The van der Waals surface area contributed by atoms with Crippen molar-refractivity contribution in [3.63, 3.8) is 0 Å². The number of ether oxygens (including phenoxy) is 1. The molecule has 3 heterocycles. The molecule has 3 rings (SSSR count). The molecule has 3 aliphatic heterocycles. The van der Waals surface area contributed by atoms with Crippen molar-refractivity contribution >= 4 is 7.05 Å². The first-order valence-corrected chi connectivity index (χ1v) is 5.80. The zero-order valence-electron chi connectivity index (χ0n) is 8.78. The maximum atomic E-state index is 9.76. The van der Waals surface area contributed by atoms with Crippen LogP contribution in [0.4, 0.5) is 0 Å². The molecule has 3 atom stereocenters. The molecule has 0 amide bonds. The van der Waals surface area contributed by atoms with Crippen molar-refractivity contribution in [2.24, 2.45) is 0 Å². The Morgan fingerprint density at radius 2 is 1.93 bits per heavy atom. The van der Waals surface area contributed by atoms with Crippen molar-refractivity contribution in [2.45, 2.75) is 56.6 Å². The highest BCUT2D eigenvalue weighted by molar-refractivity contribution is 6.45. The number of piperidine rings is 2. The molecular formula is C10H18BNO2. The SMILES string of the molecule is CB(O)N1C2CCC[C@@H]1CC1(CO1)C2. The Bertz CT molecular complexity index is 226. The summed E-state index contributed by atoms with van der Waals surface area (Å²) in [5, 5.41) is 9.76. The lowest BCUT2D eigenvalue weighted by Gasteiger charge is -2.49. The van der Waals surface area contributed by atoms with Gasteiger partial charge in [0, 0.05) is 12.1 Å². The number of hydrogen-bond acceptors (Lipinski definition) is 3. The summed E-state index contributed by atoms with van der Waals surface area (Å²) in [6, 6.07) is 1.15. The third kappa shape index (κ3) is 1.32. The molecule has 3 nitrogen and oxygen atoms in total. The Morgan fingerprint density at radius 1 is 1.36 bits per heavy atom. The molecule has 1 spiro atoms. The Balaban J connectivity index is 1.81. The zero-order chi connectivity index (χ0) is 9.76. The molecule has 3 saturated heterocycles. The van der Waals surface area contributed by atoms with Gasteiger partial charge in [-0.25, -0.2) is 0 Å². The minimum atomic E-state index is -0.276. The first-order chi connectivity index (χ1) is 6.70. The third-order valence-electron chi connectivity index (χ3n) is 4.12. The van der Waals surface area contributed by atoms with E-state index in [0.717, 1.165) is 19.4 Å². The second kappa shape index (κ2) is 2.97. The summed E-state index contributed by atoms with van der Waals surface area (Å²) < 4.78 is 5.59. The minimum Gasteiger partial charge on any atom is -0.437 e. The van der Waals surface area contributed by atoms with Crippen molar-refractivity contribution in [3.8, 4) is 0 Å². The lowest BCUT2D eigenvalue weighted by molar-refractivity contribution is 0.0504. The van der Waals surface area contributed by atoms with E-state index in [9.17, 15) is 5.02 Å². The molecule has 14 heavy (non-hydrogen) atoms. The summed E-state index contributed by atoms with van der Waals surface area (Å²) in [5.41, 5.74) is 0.237. The minimum absolute atomic E-state index is 0.237. The predicted octanol–water partition coefficient (Wildman–Crippen LogP) is 0.883. The lowest BCUT2D eigenvalue weighted by atomic mass is 9.69. The zero-order valence-corrected chi connectivity index (χ0v) is 8.78. The highest BCUT2D eigenvalue weighted by atomic mass is 16.6. The van der Waals surface area contributed by atoms with Crippen LogP contribution >= 0.6 is 0 Å². The molecule has 4 heteroatoms. The quantitative estimate of drug-likeness (QED) is 0.498. The first kappa shape index (κ1) is 9.19. The highest BCUT2D eigenvalue weighted by Gasteiger charge is 2.55. The monoisotopic (exact) mass is 195 g/mol. The van der Waals surface area contributed by atoms with Gasteiger partial charge in [-0.3, -0.25) is 0 Å². The Hall–Kier alpha value is -0.0551. The second-order valence-electron chi connectivity index (χ2n) is 5.20. The number of rotatable bonds is 1. The van der Waals surface area contributed by atoms with Crippen molar-refractivity contribution in [1.82, 2.24) is 4.81 Å². The van der Waals surface area contributed by atoms with Crippen LogP contribution in [0.25, 0.3) is 0 Å². The van der Waals surface area contributed by atoms with Crippen LogP contribution in [0, 0.1) is 0 Å². The number of hydrogen-bond donors (Lipinski definition) is 1. The summed E-state index contributed by atoms with van der Waals surface area (Å²) in [7, 11) is -0.276. The van der Waals surface area contributed by atoms with Crippen LogP contribution in [-0.4, -0.2) is 41.2 Å². The highest BCUT2D eigenvalue weighted by Crippen LogP contribution is 2.47. The van der Waals surface area contributed by atoms with Crippen LogP contribution in [0.1, 0.15) is 32.1 Å². The van der Waals surface area contributed by atoms with E-state index in [0.29, 0.717) is 12.1 Å². The summed E-state index contributed by atoms with van der Waals surface area (Å²) in [5.74, 6) is 0. The predicted molar refractivity (Wildman–Crippen MR) is 55.0 cm³/mol. The molecule has 78 valence electrons. The molecule has 0 aromatic heterocycles. The topological polar surface area (TPSA) is 36.0 Å². The number of fused-ring (bicyclic) bond motifs is 2.